The molecule has 0 spiro atoms. The van der Waals surface area contributed by atoms with Gasteiger partial charge in [-0.1, -0.05) is 67.1 Å². The van der Waals surface area contributed by atoms with Gasteiger partial charge < -0.3 is 4.74 Å². The van der Waals surface area contributed by atoms with Gasteiger partial charge in [0.25, 0.3) is 0 Å². The van der Waals surface area contributed by atoms with Crippen LogP contribution in [0.5, 0.6) is 5.75 Å². The molecule has 0 unspecified atom stereocenters. The highest BCUT2D eigenvalue weighted by molar-refractivity contribution is 8.15. The number of carbonyl (C=O) groups excluding carboxylic acids is 1. The summed E-state index contributed by atoms with van der Waals surface area (Å²) in [6, 6.07) is 15.8. The molecule has 28 heavy (non-hydrogen) atoms. The van der Waals surface area contributed by atoms with Crippen molar-refractivity contribution in [1.82, 2.24) is 4.90 Å². The molecular weight excluding hydrogens is 370 g/mol. The van der Waals surface area contributed by atoms with Crippen molar-refractivity contribution in [3.8, 4) is 5.75 Å². The van der Waals surface area contributed by atoms with E-state index in [9.17, 15) is 4.79 Å². The Morgan fingerprint density at radius 2 is 1.86 bits per heavy atom. The fraction of sp³-hybridized carbons (Fsp3) is 0.318. The number of carbonyl (C=O) groups is 1. The zero-order valence-electron chi connectivity index (χ0n) is 16.5. The van der Waals surface area contributed by atoms with E-state index in [0.717, 1.165) is 29.7 Å². The normalized spacial score (nSPS) is 18.4. The van der Waals surface area contributed by atoms with Crippen LogP contribution in [0.4, 0.5) is 0 Å². The Kier molecular flexibility index (Phi) is 6.87. The molecule has 0 aromatic heterocycles. The van der Waals surface area contributed by atoms with Crippen molar-refractivity contribution >= 4 is 29.1 Å². The molecular formula is C22H25N3O2S. The van der Waals surface area contributed by atoms with E-state index < -0.39 is 0 Å². The van der Waals surface area contributed by atoms with E-state index in [1.807, 2.05) is 55.5 Å². The van der Waals surface area contributed by atoms with E-state index in [-0.39, 0.29) is 11.2 Å². The summed E-state index contributed by atoms with van der Waals surface area (Å²) in [6.07, 6.45) is 3.51. The van der Waals surface area contributed by atoms with E-state index in [4.69, 9.17) is 4.74 Å². The molecule has 0 aliphatic carbocycles. The Morgan fingerprint density at radius 1 is 1.14 bits per heavy atom. The Hall–Kier alpha value is -2.60. The zero-order chi connectivity index (χ0) is 19.9. The maximum Gasteiger partial charge on any atom is 0.242 e. The second-order valence-electron chi connectivity index (χ2n) is 6.71. The van der Waals surface area contributed by atoms with Gasteiger partial charge in [0.15, 0.2) is 5.17 Å². The van der Waals surface area contributed by atoms with Crippen molar-refractivity contribution in [3.63, 3.8) is 0 Å². The maximum absolute atomic E-state index is 12.9. The molecule has 2 aromatic rings. The summed E-state index contributed by atoms with van der Waals surface area (Å²) in [5.41, 5.74) is 3.21. The summed E-state index contributed by atoms with van der Waals surface area (Å²) in [5, 5.41) is 9.16. The SMILES string of the molecule is CCC[C@@H]1S/C(=N/N=C\c2ccc(C)cc2)N(Cc2ccc(OC)cc2)C1=O. The van der Waals surface area contributed by atoms with Crippen molar-refractivity contribution in [2.45, 2.75) is 38.5 Å². The van der Waals surface area contributed by atoms with Crippen LogP contribution in [0, 0.1) is 6.92 Å². The number of benzene rings is 2. The lowest BCUT2D eigenvalue weighted by Gasteiger charge is -2.16. The van der Waals surface area contributed by atoms with Gasteiger partial charge in [-0.25, -0.2) is 0 Å². The first-order valence-electron chi connectivity index (χ1n) is 9.39. The summed E-state index contributed by atoms with van der Waals surface area (Å²) < 4.78 is 5.21. The highest BCUT2D eigenvalue weighted by Crippen LogP contribution is 2.31. The second-order valence-corrected chi connectivity index (χ2v) is 7.88. The Morgan fingerprint density at radius 3 is 2.50 bits per heavy atom. The molecule has 1 heterocycles. The molecule has 0 N–H and O–H groups in total. The fourth-order valence-corrected chi connectivity index (χ4v) is 4.10. The van der Waals surface area contributed by atoms with Crippen molar-refractivity contribution < 1.29 is 9.53 Å². The van der Waals surface area contributed by atoms with Crippen molar-refractivity contribution in [2.24, 2.45) is 10.2 Å². The molecule has 0 saturated carbocycles. The fourth-order valence-electron chi connectivity index (χ4n) is 2.89. The Balaban J connectivity index is 1.78. The summed E-state index contributed by atoms with van der Waals surface area (Å²) in [5.74, 6) is 0.901. The topological polar surface area (TPSA) is 54.3 Å². The predicted octanol–water partition coefficient (Wildman–Crippen LogP) is 4.64. The molecule has 5 nitrogen and oxygen atoms in total. The van der Waals surface area contributed by atoms with Gasteiger partial charge in [0.05, 0.1) is 25.1 Å². The molecule has 1 saturated heterocycles. The molecule has 0 bridgehead atoms. The number of rotatable bonds is 7. The molecule has 146 valence electrons. The third kappa shape index (κ3) is 5.01. The molecule has 2 aromatic carbocycles. The van der Waals surface area contributed by atoms with E-state index in [2.05, 4.69) is 17.1 Å². The average molecular weight is 396 g/mol. The standard InChI is InChI=1S/C22H25N3O2S/c1-4-5-20-21(26)25(15-18-10-12-19(27-3)13-11-18)22(28-20)24-23-14-17-8-6-16(2)7-9-17/h6-14,20H,4-5,15H2,1-3H3/b23-14-,24-22+/t20-/m0/s1. The van der Waals surface area contributed by atoms with Gasteiger partial charge in [-0.05, 0) is 36.6 Å². The molecule has 1 atom stereocenters. The first-order chi connectivity index (χ1) is 13.6. The summed E-state index contributed by atoms with van der Waals surface area (Å²) >= 11 is 1.50. The number of nitrogens with zero attached hydrogens (tertiary/aromatic N) is 3. The van der Waals surface area contributed by atoms with Crippen LogP contribution >= 0.6 is 11.8 Å². The van der Waals surface area contributed by atoms with Gasteiger partial charge >= 0.3 is 0 Å². The van der Waals surface area contributed by atoms with Crippen LogP contribution in [0.3, 0.4) is 0 Å². The minimum Gasteiger partial charge on any atom is -0.497 e. The number of amidine groups is 1. The molecule has 1 aliphatic heterocycles. The first-order valence-corrected chi connectivity index (χ1v) is 10.3. The smallest absolute Gasteiger partial charge is 0.242 e. The number of thioether (sulfide) groups is 1. The van der Waals surface area contributed by atoms with Crippen molar-refractivity contribution in [1.29, 1.82) is 0 Å². The largest absolute Gasteiger partial charge is 0.497 e. The van der Waals surface area contributed by atoms with Crippen LogP contribution in [-0.4, -0.2) is 34.5 Å². The number of aryl methyl sites for hydroxylation is 1. The monoisotopic (exact) mass is 395 g/mol. The third-order valence-electron chi connectivity index (χ3n) is 4.50. The maximum atomic E-state index is 12.9. The first kappa shape index (κ1) is 20.1. The van der Waals surface area contributed by atoms with Gasteiger partial charge in [-0.3, -0.25) is 9.69 Å². The third-order valence-corrected chi connectivity index (χ3v) is 5.73. The van der Waals surface area contributed by atoms with Crippen LogP contribution in [0.1, 0.15) is 36.5 Å². The van der Waals surface area contributed by atoms with Crippen molar-refractivity contribution in [2.75, 3.05) is 7.11 Å². The van der Waals surface area contributed by atoms with E-state index in [0.29, 0.717) is 11.7 Å². The number of ether oxygens (including phenoxy) is 1. The second kappa shape index (κ2) is 9.55. The number of hydrogen-bond donors (Lipinski definition) is 0. The predicted molar refractivity (Wildman–Crippen MR) is 116 cm³/mol. The van der Waals surface area contributed by atoms with Crippen LogP contribution in [0.25, 0.3) is 0 Å². The number of amides is 1. The molecule has 1 aliphatic rings. The lowest BCUT2D eigenvalue weighted by Crippen LogP contribution is -2.31. The minimum absolute atomic E-state index is 0.0865. The summed E-state index contributed by atoms with van der Waals surface area (Å²) in [6.45, 7) is 4.62. The molecule has 1 amide bonds. The highest BCUT2D eigenvalue weighted by atomic mass is 32.2. The van der Waals surface area contributed by atoms with Crippen LogP contribution in [-0.2, 0) is 11.3 Å². The number of methoxy groups -OCH3 is 1. The molecule has 3 rings (SSSR count). The molecule has 1 fully saturated rings. The van der Waals surface area contributed by atoms with E-state index >= 15 is 0 Å². The molecule has 6 heteroatoms. The lowest BCUT2D eigenvalue weighted by molar-refractivity contribution is -0.126. The van der Waals surface area contributed by atoms with E-state index in [1.54, 1.807) is 18.2 Å². The van der Waals surface area contributed by atoms with Gasteiger partial charge in [-0.15, -0.1) is 5.10 Å². The zero-order valence-corrected chi connectivity index (χ0v) is 17.3. The van der Waals surface area contributed by atoms with Crippen LogP contribution in [0.2, 0.25) is 0 Å². The lowest BCUT2D eigenvalue weighted by atomic mass is 10.2. The quantitative estimate of drug-likeness (QED) is 0.507. The van der Waals surface area contributed by atoms with Gasteiger partial charge in [0.1, 0.15) is 5.75 Å². The van der Waals surface area contributed by atoms with Crippen LogP contribution < -0.4 is 4.74 Å². The highest BCUT2D eigenvalue weighted by Gasteiger charge is 2.37. The van der Waals surface area contributed by atoms with E-state index in [1.165, 1.54) is 17.3 Å². The summed E-state index contributed by atoms with van der Waals surface area (Å²) in [4.78, 5) is 14.6. The average Bonchev–Trinajstić information content (AvgIpc) is 2.99. The number of hydrogen-bond acceptors (Lipinski definition) is 5. The Bertz CT molecular complexity index is 860. The minimum atomic E-state index is -0.0865. The van der Waals surface area contributed by atoms with Gasteiger partial charge in [0.2, 0.25) is 5.91 Å². The summed E-state index contributed by atoms with van der Waals surface area (Å²) in [7, 11) is 1.64. The molecule has 0 radical (unpaired) electrons. The van der Waals surface area contributed by atoms with Gasteiger partial charge in [0, 0.05) is 0 Å². The Labute approximate surface area is 170 Å². The van der Waals surface area contributed by atoms with Crippen molar-refractivity contribution in [3.05, 3.63) is 65.2 Å². The van der Waals surface area contributed by atoms with Crippen LogP contribution in [0.15, 0.2) is 58.7 Å². The van der Waals surface area contributed by atoms with Gasteiger partial charge in [-0.2, -0.15) is 5.10 Å².